The summed E-state index contributed by atoms with van der Waals surface area (Å²) in [4.78, 5) is 7.49. The van der Waals surface area contributed by atoms with E-state index >= 15 is 0 Å². The Bertz CT molecular complexity index is 682. The summed E-state index contributed by atoms with van der Waals surface area (Å²) in [5.41, 5.74) is 1.39. The second kappa shape index (κ2) is 8.26. The van der Waals surface area contributed by atoms with E-state index in [1.807, 2.05) is 0 Å². The second-order valence-corrected chi connectivity index (χ2v) is 9.83. The van der Waals surface area contributed by atoms with Gasteiger partial charge in [0.15, 0.2) is 0 Å². The number of pyridine rings is 1. The summed E-state index contributed by atoms with van der Waals surface area (Å²) < 4.78 is 11.0. The summed E-state index contributed by atoms with van der Waals surface area (Å²) in [6, 6.07) is 5.08. The quantitative estimate of drug-likeness (QED) is 0.844. The van der Waals surface area contributed by atoms with Gasteiger partial charge in [0.1, 0.15) is 5.60 Å². The van der Waals surface area contributed by atoms with E-state index in [1.54, 1.807) is 0 Å². The van der Waals surface area contributed by atoms with E-state index in [1.165, 1.54) is 31.2 Å². The molecule has 5 heteroatoms. The Balaban J connectivity index is 1.34. The first-order valence-corrected chi connectivity index (χ1v) is 11.7. The number of hydrogen-bond donors (Lipinski definition) is 1. The molecule has 3 heterocycles. The molecule has 0 bridgehead atoms. The smallest absolute Gasteiger partial charge is 0.111 e. The number of morpholine rings is 1. The zero-order valence-corrected chi connectivity index (χ0v) is 17.8. The molecule has 1 N–H and O–H groups in total. The molecule has 0 spiro atoms. The SMILES string of the molecule is CC1CC2C(CCCC2N2CCOCC2)C1c1ccc(C2(O)CCOCC2)nc1. The first-order valence-electron chi connectivity index (χ1n) is 11.7. The molecule has 2 saturated carbocycles. The van der Waals surface area contributed by atoms with Crippen molar-refractivity contribution in [3.63, 3.8) is 0 Å². The molecule has 5 rings (SSSR count). The maximum atomic E-state index is 11.0. The lowest BCUT2D eigenvalue weighted by molar-refractivity contribution is -0.0705. The minimum Gasteiger partial charge on any atom is -0.383 e. The van der Waals surface area contributed by atoms with E-state index < -0.39 is 5.60 Å². The van der Waals surface area contributed by atoms with Crippen LogP contribution in [-0.4, -0.2) is 60.5 Å². The van der Waals surface area contributed by atoms with E-state index in [2.05, 4.69) is 30.2 Å². The highest BCUT2D eigenvalue weighted by molar-refractivity contribution is 5.25. The second-order valence-electron chi connectivity index (χ2n) is 9.83. The van der Waals surface area contributed by atoms with Crippen LogP contribution >= 0.6 is 0 Å². The van der Waals surface area contributed by atoms with Crippen LogP contribution in [0.2, 0.25) is 0 Å². The fourth-order valence-corrected chi connectivity index (χ4v) is 6.83. The van der Waals surface area contributed by atoms with Crippen LogP contribution in [0.1, 0.15) is 62.6 Å². The van der Waals surface area contributed by atoms with Crippen LogP contribution in [0.15, 0.2) is 18.3 Å². The molecule has 1 aromatic rings. The average molecular weight is 401 g/mol. The van der Waals surface area contributed by atoms with E-state index in [9.17, 15) is 5.11 Å². The Labute approximate surface area is 174 Å². The van der Waals surface area contributed by atoms with Crippen molar-refractivity contribution >= 4 is 0 Å². The third kappa shape index (κ3) is 3.76. The third-order valence-corrected chi connectivity index (χ3v) is 8.28. The molecule has 5 unspecified atom stereocenters. The van der Waals surface area contributed by atoms with Crippen LogP contribution < -0.4 is 0 Å². The first kappa shape index (κ1) is 19.9. The van der Waals surface area contributed by atoms with Crippen molar-refractivity contribution in [2.75, 3.05) is 39.5 Å². The molecule has 29 heavy (non-hydrogen) atoms. The van der Waals surface area contributed by atoms with Crippen LogP contribution in [0.4, 0.5) is 0 Å². The van der Waals surface area contributed by atoms with Gasteiger partial charge < -0.3 is 14.6 Å². The standard InChI is InChI=1S/C24H36N2O3/c1-17-15-20-19(3-2-4-21(20)26-9-13-29-14-10-26)23(17)18-5-6-22(25-16-18)24(27)7-11-28-12-8-24/h5-6,16-17,19-21,23,27H,2-4,7-15H2,1H3. The van der Waals surface area contributed by atoms with Crippen molar-refractivity contribution in [3.8, 4) is 0 Å². The van der Waals surface area contributed by atoms with Crippen LogP contribution in [0.5, 0.6) is 0 Å². The molecular weight excluding hydrogens is 364 g/mol. The molecule has 2 aliphatic carbocycles. The van der Waals surface area contributed by atoms with E-state index in [-0.39, 0.29) is 0 Å². The number of aliphatic hydroxyl groups is 1. The van der Waals surface area contributed by atoms with Crippen molar-refractivity contribution in [1.82, 2.24) is 9.88 Å². The molecule has 1 aromatic heterocycles. The zero-order valence-electron chi connectivity index (χ0n) is 17.8. The maximum absolute atomic E-state index is 11.0. The summed E-state index contributed by atoms with van der Waals surface area (Å²) >= 11 is 0. The Morgan fingerprint density at radius 1 is 1.03 bits per heavy atom. The van der Waals surface area contributed by atoms with Gasteiger partial charge in [-0.15, -0.1) is 0 Å². The van der Waals surface area contributed by atoms with Gasteiger partial charge in [0.25, 0.3) is 0 Å². The highest BCUT2D eigenvalue weighted by Crippen LogP contribution is 2.54. The fraction of sp³-hybridized carbons (Fsp3) is 0.792. The summed E-state index contributed by atoms with van der Waals surface area (Å²) in [5.74, 6) is 2.88. The third-order valence-electron chi connectivity index (χ3n) is 8.28. The summed E-state index contributed by atoms with van der Waals surface area (Å²) in [5, 5.41) is 11.0. The van der Waals surface area contributed by atoms with Crippen molar-refractivity contribution in [3.05, 3.63) is 29.6 Å². The Morgan fingerprint density at radius 2 is 1.79 bits per heavy atom. The molecule has 160 valence electrons. The molecule has 0 radical (unpaired) electrons. The van der Waals surface area contributed by atoms with E-state index in [0.29, 0.717) is 37.9 Å². The molecule has 4 fully saturated rings. The summed E-state index contributed by atoms with van der Waals surface area (Å²) in [6.07, 6.45) is 8.75. The molecular formula is C24H36N2O3. The number of ether oxygens (including phenoxy) is 2. The summed E-state index contributed by atoms with van der Waals surface area (Å²) in [7, 11) is 0. The van der Waals surface area contributed by atoms with Gasteiger partial charge in [0.05, 0.1) is 18.9 Å². The first-order chi connectivity index (χ1) is 14.2. The maximum Gasteiger partial charge on any atom is 0.111 e. The van der Waals surface area contributed by atoms with Crippen LogP contribution in [0, 0.1) is 17.8 Å². The monoisotopic (exact) mass is 400 g/mol. The normalized spacial score (nSPS) is 37.9. The minimum absolute atomic E-state index is 0.606. The van der Waals surface area contributed by atoms with Gasteiger partial charge in [-0.05, 0) is 54.6 Å². The van der Waals surface area contributed by atoms with Crippen LogP contribution in [0.3, 0.4) is 0 Å². The van der Waals surface area contributed by atoms with Crippen molar-refractivity contribution < 1.29 is 14.6 Å². The molecule has 0 amide bonds. The topological polar surface area (TPSA) is 54.8 Å². The van der Waals surface area contributed by atoms with Gasteiger partial charge in [0, 0.05) is 51.4 Å². The number of fused-ring (bicyclic) bond motifs is 1. The van der Waals surface area contributed by atoms with Crippen LogP contribution in [0.25, 0.3) is 0 Å². The zero-order chi connectivity index (χ0) is 19.8. The molecule has 2 aliphatic heterocycles. The van der Waals surface area contributed by atoms with Gasteiger partial charge >= 0.3 is 0 Å². The highest BCUT2D eigenvalue weighted by Gasteiger charge is 2.48. The molecule has 4 aliphatic rings. The van der Waals surface area contributed by atoms with Gasteiger partial charge in [-0.3, -0.25) is 9.88 Å². The van der Waals surface area contributed by atoms with Crippen molar-refractivity contribution in [2.45, 2.75) is 63.0 Å². The lowest BCUT2D eigenvalue weighted by Gasteiger charge is -2.44. The Kier molecular flexibility index (Phi) is 5.67. The van der Waals surface area contributed by atoms with E-state index in [4.69, 9.17) is 14.5 Å². The number of aromatic nitrogens is 1. The number of hydrogen-bond acceptors (Lipinski definition) is 5. The van der Waals surface area contributed by atoms with Gasteiger partial charge in [-0.1, -0.05) is 19.4 Å². The molecule has 5 atom stereocenters. The van der Waals surface area contributed by atoms with Crippen molar-refractivity contribution in [1.29, 1.82) is 0 Å². The fourth-order valence-electron chi connectivity index (χ4n) is 6.83. The number of rotatable bonds is 3. The largest absolute Gasteiger partial charge is 0.383 e. The predicted octanol–water partition coefficient (Wildman–Crippen LogP) is 3.32. The summed E-state index contributed by atoms with van der Waals surface area (Å²) in [6.45, 7) is 7.67. The van der Waals surface area contributed by atoms with Gasteiger partial charge in [-0.2, -0.15) is 0 Å². The lowest BCUT2D eigenvalue weighted by atomic mass is 9.72. The average Bonchev–Trinajstić information content (AvgIpc) is 3.11. The number of nitrogens with zero attached hydrogens (tertiary/aromatic N) is 2. The Hall–Kier alpha value is -1.01. The lowest BCUT2D eigenvalue weighted by Crippen LogP contribution is -2.49. The van der Waals surface area contributed by atoms with Crippen LogP contribution in [-0.2, 0) is 15.1 Å². The predicted molar refractivity (Wildman–Crippen MR) is 112 cm³/mol. The molecule has 0 aromatic carbocycles. The minimum atomic E-state index is -0.813. The van der Waals surface area contributed by atoms with Gasteiger partial charge in [-0.25, -0.2) is 0 Å². The van der Waals surface area contributed by atoms with E-state index in [0.717, 1.165) is 49.9 Å². The molecule has 5 nitrogen and oxygen atoms in total. The van der Waals surface area contributed by atoms with Gasteiger partial charge in [0.2, 0.25) is 0 Å². The van der Waals surface area contributed by atoms with Crippen molar-refractivity contribution in [2.24, 2.45) is 17.8 Å². The molecule has 2 saturated heterocycles. The highest BCUT2D eigenvalue weighted by atomic mass is 16.5. The Morgan fingerprint density at radius 3 is 2.52 bits per heavy atom.